The van der Waals surface area contributed by atoms with Crippen LogP contribution in [0.1, 0.15) is 0 Å². The highest BCUT2D eigenvalue weighted by Gasteiger charge is 2.21. The highest BCUT2D eigenvalue weighted by Crippen LogP contribution is 2.37. The molecular formula is C19H16N2O. The van der Waals surface area contributed by atoms with Gasteiger partial charge in [0.25, 0.3) is 5.56 Å². The van der Waals surface area contributed by atoms with Crippen LogP contribution in [-0.4, -0.2) is 11.1 Å². The van der Waals surface area contributed by atoms with Gasteiger partial charge in [0.1, 0.15) is 5.82 Å². The van der Waals surface area contributed by atoms with Crippen LogP contribution in [0.5, 0.6) is 0 Å². The maximum Gasteiger partial charge on any atom is 0.252 e. The molecule has 2 heterocycles. The molecule has 1 N–H and O–H groups in total. The fourth-order valence-electron chi connectivity index (χ4n) is 3.08. The number of anilines is 1. The van der Waals surface area contributed by atoms with Crippen LogP contribution in [0, 0.1) is 0 Å². The first kappa shape index (κ1) is 12.9. The van der Waals surface area contributed by atoms with Gasteiger partial charge in [0.2, 0.25) is 0 Å². The molecule has 2 aromatic carbocycles. The average Bonchev–Trinajstić information content (AvgIpc) is 3.06. The summed E-state index contributed by atoms with van der Waals surface area (Å²) in [6, 6.07) is 22.1. The van der Waals surface area contributed by atoms with Crippen LogP contribution in [-0.2, 0) is 6.54 Å². The van der Waals surface area contributed by atoms with Crippen molar-refractivity contribution < 1.29 is 0 Å². The number of hydrogen-bond donors (Lipinski definition) is 1. The van der Waals surface area contributed by atoms with Crippen LogP contribution in [0.25, 0.3) is 22.3 Å². The van der Waals surface area contributed by atoms with Crippen LogP contribution < -0.4 is 10.9 Å². The number of aromatic nitrogens is 1. The normalized spacial score (nSPS) is 12.7. The quantitative estimate of drug-likeness (QED) is 0.781. The number of benzene rings is 2. The zero-order valence-corrected chi connectivity index (χ0v) is 12.1. The molecule has 1 aliphatic heterocycles. The van der Waals surface area contributed by atoms with Gasteiger partial charge in [-0.05, 0) is 16.7 Å². The van der Waals surface area contributed by atoms with E-state index in [4.69, 9.17) is 0 Å². The summed E-state index contributed by atoms with van der Waals surface area (Å²) >= 11 is 0. The molecule has 1 aliphatic rings. The predicted molar refractivity (Wildman–Crippen MR) is 90.1 cm³/mol. The van der Waals surface area contributed by atoms with Gasteiger partial charge < -0.3 is 5.32 Å². The number of nitrogens with zero attached hydrogens (tertiary/aromatic N) is 1. The van der Waals surface area contributed by atoms with Gasteiger partial charge in [-0.15, -0.1) is 0 Å². The van der Waals surface area contributed by atoms with Gasteiger partial charge in [-0.2, -0.15) is 0 Å². The smallest absolute Gasteiger partial charge is 0.252 e. The molecule has 3 heteroatoms. The van der Waals surface area contributed by atoms with Crippen LogP contribution in [0.4, 0.5) is 5.82 Å². The van der Waals surface area contributed by atoms with Crippen LogP contribution in [0.3, 0.4) is 0 Å². The molecule has 0 unspecified atom stereocenters. The lowest BCUT2D eigenvalue weighted by molar-refractivity contribution is 0.774. The first-order chi connectivity index (χ1) is 10.8. The summed E-state index contributed by atoms with van der Waals surface area (Å²) in [5.41, 5.74) is 4.33. The predicted octanol–water partition coefficient (Wildman–Crippen LogP) is 3.61. The van der Waals surface area contributed by atoms with Crippen molar-refractivity contribution in [3.05, 3.63) is 77.1 Å². The van der Waals surface area contributed by atoms with Gasteiger partial charge in [-0.25, -0.2) is 0 Å². The maximum atomic E-state index is 12.4. The summed E-state index contributed by atoms with van der Waals surface area (Å²) in [6.07, 6.45) is 0. The molecule has 0 aliphatic carbocycles. The second kappa shape index (κ2) is 5.19. The zero-order chi connectivity index (χ0) is 14.9. The largest absolute Gasteiger partial charge is 0.369 e. The van der Waals surface area contributed by atoms with Crippen molar-refractivity contribution in [1.29, 1.82) is 0 Å². The van der Waals surface area contributed by atoms with Crippen LogP contribution >= 0.6 is 0 Å². The Kier molecular flexibility index (Phi) is 3.04. The molecular weight excluding hydrogens is 272 g/mol. The Morgan fingerprint density at radius 3 is 2.18 bits per heavy atom. The Bertz CT molecular complexity index is 867. The summed E-state index contributed by atoms with van der Waals surface area (Å²) < 4.78 is 1.83. The summed E-state index contributed by atoms with van der Waals surface area (Å²) in [5.74, 6) is 0.928. The SMILES string of the molecule is O=c1cc(-c2ccccc2)c(-c2ccccc2)c2n1CCN2. The topological polar surface area (TPSA) is 34.0 Å². The summed E-state index contributed by atoms with van der Waals surface area (Å²) in [6.45, 7) is 1.52. The van der Waals surface area contributed by atoms with E-state index in [0.29, 0.717) is 0 Å². The summed E-state index contributed by atoms with van der Waals surface area (Å²) in [7, 11) is 0. The molecule has 0 spiro atoms. The molecule has 1 aromatic heterocycles. The fourth-order valence-corrected chi connectivity index (χ4v) is 3.08. The van der Waals surface area contributed by atoms with Crippen molar-refractivity contribution in [2.75, 3.05) is 11.9 Å². The Morgan fingerprint density at radius 1 is 0.864 bits per heavy atom. The van der Waals surface area contributed by atoms with Gasteiger partial charge in [0.05, 0.1) is 0 Å². The third-order valence-electron chi connectivity index (χ3n) is 4.09. The van der Waals surface area contributed by atoms with Crippen molar-refractivity contribution in [3.8, 4) is 22.3 Å². The second-order valence-electron chi connectivity index (χ2n) is 5.43. The van der Waals surface area contributed by atoms with Crippen molar-refractivity contribution in [2.45, 2.75) is 6.54 Å². The van der Waals surface area contributed by atoms with E-state index in [-0.39, 0.29) is 5.56 Å². The summed E-state index contributed by atoms with van der Waals surface area (Å²) in [5, 5.41) is 3.38. The standard InChI is InChI=1S/C19H16N2O/c22-17-13-16(14-7-3-1-4-8-14)18(15-9-5-2-6-10-15)19-20-11-12-21(17)19/h1-10,13,20H,11-12H2. The Hall–Kier alpha value is -2.81. The molecule has 22 heavy (non-hydrogen) atoms. The summed E-state index contributed by atoms with van der Waals surface area (Å²) in [4.78, 5) is 12.4. The zero-order valence-electron chi connectivity index (χ0n) is 12.1. The Balaban J connectivity index is 2.07. The fraction of sp³-hybridized carbons (Fsp3) is 0.105. The number of hydrogen-bond acceptors (Lipinski definition) is 2. The number of pyridine rings is 1. The second-order valence-corrected chi connectivity index (χ2v) is 5.43. The molecule has 0 fully saturated rings. The van der Waals surface area contributed by atoms with Crippen molar-refractivity contribution in [1.82, 2.24) is 4.57 Å². The molecule has 0 amide bonds. The average molecular weight is 288 g/mol. The lowest BCUT2D eigenvalue weighted by Gasteiger charge is -2.15. The number of fused-ring (bicyclic) bond motifs is 1. The lowest BCUT2D eigenvalue weighted by Crippen LogP contribution is -2.17. The van der Waals surface area contributed by atoms with Crippen molar-refractivity contribution in [3.63, 3.8) is 0 Å². The monoisotopic (exact) mass is 288 g/mol. The molecule has 0 saturated carbocycles. The van der Waals surface area contributed by atoms with Gasteiger partial charge in [-0.1, -0.05) is 60.7 Å². The molecule has 0 saturated heterocycles. The molecule has 4 rings (SSSR count). The number of nitrogens with one attached hydrogen (secondary N) is 1. The minimum Gasteiger partial charge on any atom is -0.369 e. The van der Waals surface area contributed by atoms with Crippen molar-refractivity contribution in [2.24, 2.45) is 0 Å². The van der Waals surface area contributed by atoms with E-state index >= 15 is 0 Å². The molecule has 0 bridgehead atoms. The molecule has 0 radical (unpaired) electrons. The van der Waals surface area contributed by atoms with E-state index in [1.54, 1.807) is 6.07 Å². The first-order valence-electron chi connectivity index (χ1n) is 7.47. The third-order valence-corrected chi connectivity index (χ3v) is 4.09. The Morgan fingerprint density at radius 2 is 1.50 bits per heavy atom. The highest BCUT2D eigenvalue weighted by atomic mass is 16.1. The number of rotatable bonds is 2. The van der Waals surface area contributed by atoms with E-state index < -0.39 is 0 Å². The van der Waals surface area contributed by atoms with Gasteiger partial charge >= 0.3 is 0 Å². The minimum absolute atomic E-state index is 0.0542. The third kappa shape index (κ3) is 2.02. The Labute approximate surface area is 128 Å². The van der Waals surface area contributed by atoms with E-state index in [1.165, 1.54) is 0 Å². The van der Waals surface area contributed by atoms with E-state index in [1.807, 2.05) is 53.1 Å². The van der Waals surface area contributed by atoms with E-state index in [0.717, 1.165) is 41.2 Å². The maximum absolute atomic E-state index is 12.4. The van der Waals surface area contributed by atoms with E-state index in [9.17, 15) is 4.79 Å². The lowest BCUT2D eigenvalue weighted by atomic mass is 9.95. The van der Waals surface area contributed by atoms with Gasteiger partial charge in [0.15, 0.2) is 0 Å². The first-order valence-corrected chi connectivity index (χ1v) is 7.47. The van der Waals surface area contributed by atoms with Crippen LogP contribution in [0.2, 0.25) is 0 Å². The minimum atomic E-state index is 0.0542. The molecule has 3 nitrogen and oxygen atoms in total. The van der Waals surface area contributed by atoms with Gasteiger partial charge in [-0.3, -0.25) is 9.36 Å². The molecule has 3 aromatic rings. The van der Waals surface area contributed by atoms with Gasteiger partial charge in [0, 0.05) is 24.7 Å². The molecule has 108 valence electrons. The van der Waals surface area contributed by atoms with Crippen molar-refractivity contribution >= 4 is 5.82 Å². The van der Waals surface area contributed by atoms with E-state index in [2.05, 4.69) is 17.4 Å². The van der Waals surface area contributed by atoms with Crippen LogP contribution in [0.15, 0.2) is 71.5 Å². The highest BCUT2D eigenvalue weighted by molar-refractivity contribution is 5.90. The molecule has 0 atom stereocenters.